The van der Waals surface area contributed by atoms with Gasteiger partial charge in [-0.1, -0.05) is 24.3 Å². The van der Waals surface area contributed by atoms with Gasteiger partial charge in [0.25, 0.3) is 0 Å². The van der Waals surface area contributed by atoms with E-state index >= 15 is 0 Å². The predicted molar refractivity (Wildman–Crippen MR) is 77.3 cm³/mol. The van der Waals surface area contributed by atoms with Crippen LogP contribution in [0.4, 0.5) is 0 Å². The molecule has 1 aromatic carbocycles. The summed E-state index contributed by atoms with van der Waals surface area (Å²) in [5.74, 6) is 0.574. The minimum Gasteiger partial charge on any atom is -0.384 e. The fourth-order valence-electron chi connectivity index (χ4n) is 2.87. The molecular formula is C16H25NO2. The maximum Gasteiger partial charge on any atom is 0.0551 e. The molecule has 3 atom stereocenters. The van der Waals surface area contributed by atoms with Crippen molar-refractivity contribution in [3.63, 3.8) is 0 Å². The van der Waals surface area contributed by atoms with Crippen LogP contribution >= 0.6 is 0 Å². The number of rotatable bonds is 6. The first kappa shape index (κ1) is 14.5. The topological polar surface area (TPSA) is 30.5 Å². The summed E-state index contributed by atoms with van der Waals surface area (Å²) in [6, 6.07) is 9.27. The molecule has 3 unspecified atom stereocenters. The molecular weight excluding hydrogens is 238 g/mol. The van der Waals surface area contributed by atoms with E-state index in [9.17, 15) is 0 Å². The van der Waals surface area contributed by atoms with Crippen LogP contribution in [0.5, 0.6) is 0 Å². The van der Waals surface area contributed by atoms with Crippen molar-refractivity contribution in [2.75, 3.05) is 27.4 Å². The van der Waals surface area contributed by atoms with Crippen LogP contribution in [0.25, 0.3) is 0 Å². The lowest BCUT2D eigenvalue weighted by Crippen LogP contribution is -2.25. The van der Waals surface area contributed by atoms with Gasteiger partial charge in [0.2, 0.25) is 0 Å². The number of methoxy groups -OCH3 is 1. The molecule has 1 heterocycles. The van der Waals surface area contributed by atoms with Gasteiger partial charge < -0.3 is 14.8 Å². The summed E-state index contributed by atoms with van der Waals surface area (Å²) in [6.07, 6.45) is 2.50. The SMILES string of the molecule is CNC(c1ccc(CCOC)cc1)C1COC(C)C1. The third kappa shape index (κ3) is 3.78. The second kappa shape index (κ2) is 7.04. The van der Waals surface area contributed by atoms with Gasteiger partial charge in [-0.15, -0.1) is 0 Å². The fourth-order valence-corrected chi connectivity index (χ4v) is 2.87. The van der Waals surface area contributed by atoms with E-state index in [4.69, 9.17) is 9.47 Å². The molecule has 106 valence electrons. The third-order valence-electron chi connectivity index (χ3n) is 3.95. The Morgan fingerprint density at radius 1 is 1.37 bits per heavy atom. The molecule has 2 rings (SSSR count). The Bertz CT molecular complexity index is 377. The lowest BCUT2D eigenvalue weighted by atomic mass is 9.90. The van der Waals surface area contributed by atoms with Crippen LogP contribution in [0.15, 0.2) is 24.3 Å². The molecule has 19 heavy (non-hydrogen) atoms. The van der Waals surface area contributed by atoms with E-state index in [1.807, 2.05) is 7.05 Å². The van der Waals surface area contributed by atoms with E-state index in [-0.39, 0.29) is 0 Å². The number of hydrogen-bond donors (Lipinski definition) is 1. The lowest BCUT2D eigenvalue weighted by Gasteiger charge is -2.22. The van der Waals surface area contributed by atoms with Crippen molar-refractivity contribution in [3.8, 4) is 0 Å². The second-order valence-corrected chi connectivity index (χ2v) is 5.39. The lowest BCUT2D eigenvalue weighted by molar-refractivity contribution is 0.117. The maximum absolute atomic E-state index is 5.69. The Labute approximate surface area is 116 Å². The van der Waals surface area contributed by atoms with Gasteiger partial charge in [0.15, 0.2) is 0 Å². The van der Waals surface area contributed by atoms with E-state index in [1.165, 1.54) is 11.1 Å². The molecule has 1 aliphatic rings. The molecule has 3 heteroatoms. The molecule has 1 saturated heterocycles. The molecule has 0 aromatic heterocycles. The first-order chi connectivity index (χ1) is 9.24. The van der Waals surface area contributed by atoms with Gasteiger partial charge in [-0.3, -0.25) is 0 Å². The quantitative estimate of drug-likeness (QED) is 0.855. The number of ether oxygens (including phenoxy) is 2. The summed E-state index contributed by atoms with van der Waals surface area (Å²) in [7, 11) is 3.78. The van der Waals surface area contributed by atoms with E-state index in [0.29, 0.717) is 18.1 Å². The molecule has 1 aliphatic heterocycles. The van der Waals surface area contributed by atoms with Crippen molar-refractivity contribution in [1.82, 2.24) is 5.32 Å². The Morgan fingerprint density at radius 2 is 2.11 bits per heavy atom. The van der Waals surface area contributed by atoms with Crippen LogP contribution in [0.2, 0.25) is 0 Å². The largest absolute Gasteiger partial charge is 0.384 e. The molecule has 0 saturated carbocycles. The average molecular weight is 263 g/mol. The van der Waals surface area contributed by atoms with E-state index < -0.39 is 0 Å². The van der Waals surface area contributed by atoms with E-state index in [2.05, 4.69) is 36.5 Å². The van der Waals surface area contributed by atoms with Gasteiger partial charge in [0, 0.05) is 19.1 Å². The van der Waals surface area contributed by atoms with Crippen LogP contribution in [0, 0.1) is 5.92 Å². The van der Waals surface area contributed by atoms with Crippen LogP contribution < -0.4 is 5.32 Å². The molecule has 0 amide bonds. The zero-order valence-corrected chi connectivity index (χ0v) is 12.2. The predicted octanol–water partition coefficient (Wildman–Crippen LogP) is 2.56. The molecule has 0 bridgehead atoms. The highest BCUT2D eigenvalue weighted by Gasteiger charge is 2.29. The highest BCUT2D eigenvalue weighted by molar-refractivity contribution is 5.26. The summed E-state index contributed by atoms with van der Waals surface area (Å²) in [5.41, 5.74) is 2.68. The smallest absolute Gasteiger partial charge is 0.0551 e. The number of hydrogen-bond acceptors (Lipinski definition) is 3. The average Bonchev–Trinajstić information content (AvgIpc) is 2.85. The summed E-state index contributed by atoms with van der Waals surface area (Å²) < 4.78 is 10.8. The van der Waals surface area contributed by atoms with E-state index in [0.717, 1.165) is 26.1 Å². The zero-order chi connectivity index (χ0) is 13.7. The van der Waals surface area contributed by atoms with E-state index in [1.54, 1.807) is 7.11 Å². The van der Waals surface area contributed by atoms with Crippen molar-refractivity contribution < 1.29 is 9.47 Å². The molecule has 0 spiro atoms. The number of benzene rings is 1. The van der Waals surface area contributed by atoms with Crippen LogP contribution in [-0.4, -0.2) is 33.5 Å². The monoisotopic (exact) mass is 263 g/mol. The molecule has 3 nitrogen and oxygen atoms in total. The Kier molecular flexibility index (Phi) is 5.37. The van der Waals surface area contributed by atoms with Crippen molar-refractivity contribution in [3.05, 3.63) is 35.4 Å². The van der Waals surface area contributed by atoms with Gasteiger partial charge in [0.05, 0.1) is 19.3 Å². The molecule has 1 fully saturated rings. The van der Waals surface area contributed by atoms with Crippen molar-refractivity contribution in [2.24, 2.45) is 5.92 Å². The summed E-state index contributed by atoms with van der Waals surface area (Å²) in [4.78, 5) is 0. The minimum atomic E-state index is 0.390. The molecule has 1 N–H and O–H groups in total. The Hall–Kier alpha value is -0.900. The normalized spacial score (nSPS) is 24.6. The summed E-state index contributed by atoms with van der Waals surface area (Å²) in [6.45, 7) is 3.79. The van der Waals surface area contributed by atoms with Crippen LogP contribution in [0.3, 0.4) is 0 Å². The van der Waals surface area contributed by atoms with Crippen molar-refractivity contribution >= 4 is 0 Å². The van der Waals surface area contributed by atoms with Crippen LogP contribution in [-0.2, 0) is 15.9 Å². The minimum absolute atomic E-state index is 0.390. The first-order valence-electron chi connectivity index (χ1n) is 7.11. The maximum atomic E-state index is 5.69. The molecule has 0 radical (unpaired) electrons. The summed E-state index contributed by atoms with van der Waals surface area (Å²) in [5, 5.41) is 3.44. The molecule has 0 aliphatic carbocycles. The van der Waals surface area contributed by atoms with Crippen molar-refractivity contribution in [2.45, 2.75) is 31.9 Å². The van der Waals surface area contributed by atoms with Gasteiger partial charge >= 0.3 is 0 Å². The highest BCUT2D eigenvalue weighted by Crippen LogP contribution is 2.31. The fraction of sp³-hybridized carbons (Fsp3) is 0.625. The van der Waals surface area contributed by atoms with Gasteiger partial charge in [0.1, 0.15) is 0 Å². The highest BCUT2D eigenvalue weighted by atomic mass is 16.5. The first-order valence-corrected chi connectivity index (χ1v) is 7.11. The van der Waals surface area contributed by atoms with Gasteiger partial charge in [-0.25, -0.2) is 0 Å². The Morgan fingerprint density at radius 3 is 2.63 bits per heavy atom. The van der Waals surface area contributed by atoms with Crippen molar-refractivity contribution in [1.29, 1.82) is 0 Å². The van der Waals surface area contributed by atoms with Gasteiger partial charge in [-0.05, 0) is 37.9 Å². The number of nitrogens with one attached hydrogen (secondary N) is 1. The second-order valence-electron chi connectivity index (χ2n) is 5.39. The summed E-state index contributed by atoms with van der Waals surface area (Å²) >= 11 is 0. The molecule has 1 aromatic rings. The van der Waals surface area contributed by atoms with Crippen LogP contribution in [0.1, 0.15) is 30.5 Å². The third-order valence-corrected chi connectivity index (χ3v) is 3.95. The zero-order valence-electron chi connectivity index (χ0n) is 12.2. The van der Waals surface area contributed by atoms with Gasteiger partial charge in [-0.2, -0.15) is 0 Å². The Balaban J connectivity index is 2.02. The standard InChI is InChI=1S/C16H25NO2/c1-12-10-15(11-19-12)16(17-2)14-6-4-13(5-7-14)8-9-18-3/h4-7,12,15-17H,8-11H2,1-3H3.